The molecule has 0 saturated heterocycles. The Morgan fingerprint density at radius 2 is 2.12 bits per heavy atom. The Hall–Kier alpha value is -1.13. The highest BCUT2D eigenvalue weighted by molar-refractivity contribution is 5.24. The quantitative estimate of drug-likeness (QED) is 0.797. The summed E-state index contributed by atoms with van der Waals surface area (Å²) in [5.41, 5.74) is 0.895. The first kappa shape index (κ1) is 12.9. The van der Waals surface area contributed by atoms with Crippen LogP contribution in [0.4, 0.5) is 0 Å². The first-order chi connectivity index (χ1) is 7.59. The highest BCUT2D eigenvalue weighted by Gasteiger charge is 2.15. The summed E-state index contributed by atoms with van der Waals surface area (Å²) in [4.78, 5) is 4.14. The van der Waals surface area contributed by atoms with Crippen molar-refractivity contribution in [2.24, 2.45) is 0 Å². The second-order valence-corrected chi connectivity index (χ2v) is 4.24. The van der Waals surface area contributed by atoms with Crippen LogP contribution >= 0.6 is 0 Å². The summed E-state index contributed by atoms with van der Waals surface area (Å²) in [6.07, 6.45) is 1.72. The van der Waals surface area contributed by atoms with Crippen LogP contribution in [-0.4, -0.2) is 31.3 Å². The molecule has 16 heavy (non-hydrogen) atoms. The van der Waals surface area contributed by atoms with Gasteiger partial charge in [0.15, 0.2) is 0 Å². The number of pyridine rings is 1. The second-order valence-electron chi connectivity index (χ2n) is 4.24. The molecule has 0 atom stereocenters. The van der Waals surface area contributed by atoms with Gasteiger partial charge in [-0.1, -0.05) is 6.07 Å². The maximum atomic E-state index is 5.32. The normalized spacial score (nSPS) is 11.5. The van der Waals surface area contributed by atoms with E-state index in [4.69, 9.17) is 9.47 Å². The molecule has 0 aliphatic carbocycles. The van der Waals surface area contributed by atoms with Crippen molar-refractivity contribution in [1.82, 2.24) is 10.3 Å². The number of rotatable bonds is 6. The molecule has 4 heteroatoms. The van der Waals surface area contributed by atoms with Crippen molar-refractivity contribution < 1.29 is 9.47 Å². The zero-order valence-corrected chi connectivity index (χ0v) is 10.4. The van der Waals surface area contributed by atoms with Gasteiger partial charge in [0.05, 0.1) is 12.7 Å². The third-order valence-corrected chi connectivity index (χ3v) is 2.46. The van der Waals surface area contributed by atoms with Gasteiger partial charge < -0.3 is 14.8 Å². The minimum absolute atomic E-state index is 0.157. The van der Waals surface area contributed by atoms with Crippen LogP contribution < -0.4 is 10.1 Å². The summed E-state index contributed by atoms with van der Waals surface area (Å²) in [5, 5.41) is 3.32. The van der Waals surface area contributed by atoms with E-state index < -0.39 is 0 Å². The lowest BCUT2D eigenvalue weighted by molar-refractivity contribution is 0.0230. The van der Waals surface area contributed by atoms with Crippen LogP contribution in [0.15, 0.2) is 18.3 Å². The van der Waals surface area contributed by atoms with Crippen molar-refractivity contribution >= 4 is 0 Å². The van der Waals surface area contributed by atoms with Crippen molar-refractivity contribution in [2.75, 3.05) is 20.8 Å². The Balaban J connectivity index is 2.49. The van der Waals surface area contributed by atoms with Crippen LogP contribution in [0.25, 0.3) is 0 Å². The highest BCUT2D eigenvalue weighted by Crippen LogP contribution is 2.13. The molecular weight excluding hydrogens is 204 g/mol. The van der Waals surface area contributed by atoms with Crippen molar-refractivity contribution in [1.29, 1.82) is 0 Å². The third-order valence-electron chi connectivity index (χ3n) is 2.46. The summed E-state index contributed by atoms with van der Waals surface area (Å²) >= 11 is 0. The second kappa shape index (κ2) is 5.82. The molecule has 0 saturated carbocycles. The Morgan fingerprint density at radius 1 is 1.38 bits per heavy atom. The topological polar surface area (TPSA) is 43.4 Å². The predicted octanol–water partition coefficient (Wildman–Crippen LogP) is 1.60. The van der Waals surface area contributed by atoms with Crippen LogP contribution in [0.3, 0.4) is 0 Å². The molecule has 0 aliphatic heterocycles. The average molecular weight is 224 g/mol. The zero-order valence-electron chi connectivity index (χ0n) is 10.4. The fourth-order valence-corrected chi connectivity index (χ4v) is 1.31. The molecule has 0 aromatic carbocycles. The average Bonchev–Trinajstić information content (AvgIpc) is 2.29. The van der Waals surface area contributed by atoms with Crippen LogP contribution in [0.2, 0.25) is 0 Å². The van der Waals surface area contributed by atoms with E-state index in [0.717, 1.165) is 18.7 Å². The Kier molecular flexibility index (Phi) is 4.71. The van der Waals surface area contributed by atoms with Crippen LogP contribution in [0.1, 0.15) is 19.4 Å². The number of methoxy groups -OCH3 is 2. The van der Waals surface area contributed by atoms with Gasteiger partial charge in [0.2, 0.25) is 5.88 Å². The Morgan fingerprint density at radius 3 is 2.75 bits per heavy atom. The van der Waals surface area contributed by atoms with Crippen LogP contribution in [0, 0.1) is 0 Å². The van der Waals surface area contributed by atoms with E-state index >= 15 is 0 Å². The van der Waals surface area contributed by atoms with Gasteiger partial charge in [-0.05, 0) is 19.9 Å². The van der Waals surface area contributed by atoms with Gasteiger partial charge in [-0.25, -0.2) is 4.98 Å². The van der Waals surface area contributed by atoms with Crippen molar-refractivity contribution in [2.45, 2.75) is 26.0 Å². The molecule has 0 radical (unpaired) electrons. The lowest BCUT2D eigenvalue weighted by Crippen LogP contribution is -2.36. The van der Waals surface area contributed by atoms with E-state index in [1.807, 2.05) is 26.0 Å². The number of hydrogen-bond acceptors (Lipinski definition) is 4. The molecule has 0 amide bonds. The Labute approximate surface area is 97.0 Å². The highest BCUT2D eigenvalue weighted by atomic mass is 16.5. The largest absolute Gasteiger partial charge is 0.481 e. The standard InChI is InChI=1S/C12H20N2O2/c1-12(2,16-4)9-13-8-10-6-5-7-14-11(10)15-3/h5-7,13H,8-9H2,1-4H3. The fourth-order valence-electron chi connectivity index (χ4n) is 1.31. The number of hydrogen-bond donors (Lipinski definition) is 1. The van der Waals surface area contributed by atoms with Gasteiger partial charge in [0.25, 0.3) is 0 Å². The van der Waals surface area contributed by atoms with Crippen molar-refractivity contribution in [3.8, 4) is 5.88 Å². The van der Waals surface area contributed by atoms with Gasteiger partial charge in [-0.15, -0.1) is 0 Å². The number of aromatic nitrogens is 1. The van der Waals surface area contributed by atoms with Crippen molar-refractivity contribution in [3.05, 3.63) is 23.9 Å². The molecule has 0 bridgehead atoms. The number of ether oxygens (including phenoxy) is 2. The van der Waals surface area contributed by atoms with E-state index in [1.54, 1.807) is 20.4 Å². The molecule has 0 fully saturated rings. The van der Waals surface area contributed by atoms with Gasteiger partial charge in [-0.3, -0.25) is 0 Å². The molecule has 1 heterocycles. The summed E-state index contributed by atoms with van der Waals surface area (Å²) in [7, 11) is 3.34. The SMILES string of the molecule is COc1ncccc1CNCC(C)(C)OC. The summed E-state index contributed by atoms with van der Waals surface area (Å²) in [6, 6.07) is 3.90. The van der Waals surface area contributed by atoms with E-state index in [9.17, 15) is 0 Å². The van der Waals surface area contributed by atoms with E-state index in [2.05, 4.69) is 10.3 Å². The van der Waals surface area contributed by atoms with Gasteiger partial charge in [-0.2, -0.15) is 0 Å². The summed E-state index contributed by atoms with van der Waals surface area (Å²) in [6.45, 7) is 5.59. The van der Waals surface area contributed by atoms with Gasteiger partial charge in [0.1, 0.15) is 0 Å². The predicted molar refractivity (Wildman–Crippen MR) is 63.6 cm³/mol. The molecule has 0 spiro atoms. The minimum atomic E-state index is -0.157. The molecule has 1 aromatic rings. The molecular formula is C12H20N2O2. The summed E-state index contributed by atoms with van der Waals surface area (Å²) < 4.78 is 10.5. The van der Waals surface area contributed by atoms with Gasteiger partial charge in [0, 0.05) is 32.0 Å². The molecule has 1 aromatic heterocycles. The lowest BCUT2D eigenvalue weighted by atomic mass is 10.1. The number of nitrogens with zero attached hydrogens (tertiary/aromatic N) is 1. The monoisotopic (exact) mass is 224 g/mol. The molecule has 4 nitrogen and oxygen atoms in total. The summed E-state index contributed by atoms with van der Waals surface area (Å²) in [5.74, 6) is 0.672. The van der Waals surface area contributed by atoms with Crippen molar-refractivity contribution in [3.63, 3.8) is 0 Å². The third kappa shape index (κ3) is 3.79. The van der Waals surface area contributed by atoms with E-state index in [1.165, 1.54) is 0 Å². The van der Waals surface area contributed by atoms with Crippen LogP contribution in [-0.2, 0) is 11.3 Å². The minimum Gasteiger partial charge on any atom is -0.481 e. The molecule has 1 rings (SSSR count). The van der Waals surface area contributed by atoms with E-state index in [-0.39, 0.29) is 5.60 Å². The fraction of sp³-hybridized carbons (Fsp3) is 0.583. The molecule has 0 unspecified atom stereocenters. The first-order valence-corrected chi connectivity index (χ1v) is 5.33. The lowest BCUT2D eigenvalue weighted by Gasteiger charge is -2.23. The van der Waals surface area contributed by atoms with E-state index in [0.29, 0.717) is 5.88 Å². The van der Waals surface area contributed by atoms with Gasteiger partial charge >= 0.3 is 0 Å². The first-order valence-electron chi connectivity index (χ1n) is 5.33. The molecule has 90 valence electrons. The molecule has 1 N–H and O–H groups in total. The Bertz CT molecular complexity index is 327. The maximum Gasteiger partial charge on any atom is 0.217 e. The van der Waals surface area contributed by atoms with Crippen LogP contribution in [0.5, 0.6) is 5.88 Å². The smallest absolute Gasteiger partial charge is 0.217 e. The number of nitrogens with one attached hydrogen (secondary N) is 1. The zero-order chi connectivity index (χ0) is 12.0. The molecule has 0 aliphatic rings. The maximum absolute atomic E-state index is 5.32.